The molecule has 0 aliphatic carbocycles. The zero-order valence-electron chi connectivity index (χ0n) is 18.9. The predicted octanol–water partition coefficient (Wildman–Crippen LogP) is 4.07. The third-order valence-corrected chi connectivity index (χ3v) is 4.89. The number of rotatable bonds is 20. The molecule has 0 aromatic heterocycles. The molecule has 2 N–H and O–H groups in total. The fourth-order valence-electron chi connectivity index (χ4n) is 2.98. The molecule has 0 heterocycles. The highest BCUT2D eigenvalue weighted by Crippen LogP contribution is 2.10. The molecule has 2 amide bonds. The lowest BCUT2D eigenvalue weighted by atomic mass is 10.1. The molecule has 0 saturated carbocycles. The molecule has 0 aliphatic rings. The van der Waals surface area contributed by atoms with Crippen molar-refractivity contribution in [3.63, 3.8) is 0 Å². The van der Waals surface area contributed by atoms with Crippen molar-refractivity contribution in [2.75, 3.05) is 33.2 Å². The van der Waals surface area contributed by atoms with Crippen molar-refractivity contribution < 1.29 is 9.59 Å². The summed E-state index contributed by atoms with van der Waals surface area (Å²) in [6, 6.07) is 0. The SMILES string of the molecule is C=CC(=O)NCCCN(C)C(=O)CCNC=NCCCCCCCCCCCC. The second-order valence-electron chi connectivity index (χ2n) is 7.59. The summed E-state index contributed by atoms with van der Waals surface area (Å²) < 4.78 is 0. The molecule has 0 aliphatic heterocycles. The van der Waals surface area contributed by atoms with E-state index in [1.54, 1.807) is 18.3 Å². The van der Waals surface area contributed by atoms with E-state index in [0.717, 1.165) is 19.4 Å². The Labute approximate surface area is 178 Å². The van der Waals surface area contributed by atoms with E-state index >= 15 is 0 Å². The van der Waals surface area contributed by atoms with Gasteiger partial charge in [0.05, 0.1) is 6.34 Å². The van der Waals surface area contributed by atoms with Gasteiger partial charge in [-0.25, -0.2) is 0 Å². The van der Waals surface area contributed by atoms with Crippen LogP contribution in [0.1, 0.15) is 84.0 Å². The van der Waals surface area contributed by atoms with E-state index in [1.807, 2.05) is 0 Å². The lowest BCUT2D eigenvalue weighted by Gasteiger charge is -2.17. The Hall–Kier alpha value is -1.85. The van der Waals surface area contributed by atoms with Crippen LogP contribution in [0.15, 0.2) is 17.6 Å². The lowest BCUT2D eigenvalue weighted by molar-refractivity contribution is -0.129. The highest BCUT2D eigenvalue weighted by atomic mass is 16.2. The minimum Gasteiger partial charge on any atom is -0.376 e. The largest absolute Gasteiger partial charge is 0.376 e. The number of carbonyl (C=O) groups is 2. The molecular formula is C23H44N4O2. The summed E-state index contributed by atoms with van der Waals surface area (Å²) in [5, 5.41) is 5.79. The molecule has 168 valence electrons. The van der Waals surface area contributed by atoms with Gasteiger partial charge in [0.2, 0.25) is 11.8 Å². The summed E-state index contributed by atoms with van der Waals surface area (Å²) in [5.41, 5.74) is 0. The van der Waals surface area contributed by atoms with Crippen LogP contribution >= 0.6 is 0 Å². The average Bonchev–Trinajstić information content (AvgIpc) is 2.73. The van der Waals surface area contributed by atoms with Crippen molar-refractivity contribution in [3.05, 3.63) is 12.7 Å². The minimum absolute atomic E-state index is 0.0932. The van der Waals surface area contributed by atoms with Gasteiger partial charge in [0, 0.05) is 39.6 Å². The minimum atomic E-state index is -0.180. The highest BCUT2D eigenvalue weighted by Gasteiger charge is 2.07. The Balaban J connectivity index is 3.42. The van der Waals surface area contributed by atoms with Gasteiger partial charge in [-0.05, 0) is 18.9 Å². The Kier molecular flexibility index (Phi) is 19.5. The van der Waals surface area contributed by atoms with Gasteiger partial charge in [0.1, 0.15) is 0 Å². The second kappa shape index (κ2) is 20.9. The normalized spacial score (nSPS) is 10.8. The number of amides is 2. The topological polar surface area (TPSA) is 73.8 Å². The van der Waals surface area contributed by atoms with Crippen LogP contribution in [0, 0.1) is 0 Å². The molecule has 29 heavy (non-hydrogen) atoms. The van der Waals surface area contributed by atoms with Crippen molar-refractivity contribution in [1.29, 1.82) is 0 Å². The molecule has 6 nitrogen and oxygen atoms in total. The first-order valence-electron chi connectivity index (χ1n) is 11.5. The summed E-state index contributed by atoms with van der Waals surface area (Å²) in [7, 11) is 1.79. The summed E-state index contributed by atoms with van der Waals surface area (Å²) in [6.07, 6.45) is 17.5. The van der Waals surface area contributed by atoms with E-state index in [2.05, 4.69) is 29.1 Å². The summed E-state index contributed by atoms with van der Waals surface area (Å²) in [4.78, 5) is 29.1. The first kappa shape index (κ1) is 27.1. The highest BCUT2D eigenvalue weighted by molar-refractivity contribution is 5.86. The van der Waals surface area contributed by atoms with E-state index in [9.17, 15) is 9.59 Å². The molecule has 0 saturated heterocycles. The van der Waals surface area contributed by atoms with Crippen LogP contribution in [0.5, 0.6) is 0 Å². The van der Waals surface area contributed by atoms with E-state index in [1.165, 1.54) is 63.9 Å². The molecule has 0 unspecified atom stereocenters. The van der Waals surface area contributed by atoms with Crippen LogP contribution < -0.4 is 10.6 Å². The summed E-state index contributed by atoms with van der Waals surface area (Å²) in [6.45, 7) is 8.28. The molecule has 0 spiro atoms. The Bertz CT molecular complexity index is 452. The van der Waals surface area contributed by atoms with E-state index in [4.69, 9.17) is 0 Å². The van der Waals surface area contributed by atoms with Crippen molar-refractivity contribution in [1.82, 2.24) is 15.5 Å². The second-order valence-corrected chi connectivity index (χ2v) is 7.59. The first-order valence-corrected chi connectivity index (χ1v) is 11.5. The van der Waals surface area contributed by atoms with Crippen LogP contribution in [-0.4, -0.2) is 56.3 Å². The van der Waals surface area contributed by atoms with Gasteiger partial charge >= 0.3 is 0 Å². The molecule has 0 bridgehead atoms. The molecule has 0 atom stereocenters. The average molecular weight is 409 g/mol. The summed E-state index contributed by atoms with van der Waals surface area (Å²) in [5.74, 6) is -0.0871. The van der Waals surface area contributed by atoms with Crippen molar-refractivity contribution in [3.8, 4) is 0 Å². The zero-order chi connectivity index (χ0) is 21.6. The maximum Gasteiger partial charge on any atom is 0.243 e. The number of hydrogen-bond acceptors (Lipinski definition) is 3. The lowest BCUT2D eigenvalue weighted by Crippen LogP contribution is -2.32. The standard InChI is InChI=1S/C23H44N4O2/c1-4-6-7-8-9-10-11-12-13-14-17-24-21-25-19-16-23(29)27(3)20-15-18-26-22(28)5-2/h5,21H,2,4,6-20H2,1,3H3,(H,24,25)(H,26,28). The van der Waals surface area contributed by atoms with Crippen molar-refractivity contribution in [2.45, 2.75) is 84.0 Å². The van der Waals surface area contributed by atoms with Crippen LogP contribution in [0.2, 0.25) is 0 Å². The molecule has 0 radical (unpaired) electrons. The third-order valence-electron chi connectivity index (χ3n) is 4.89. The Morgan fingerprint density at radius 2 is 1.55 bits per heavy atom. The number of nitrogens with one attached hydrogen (secondary N) is 2. The maximum absolute atomic E-state index is 12.0. The van der Waals surface area contributed by atoms with Crippen molar-refractivity contribution >= 4 is 18.2 Å². The predicted molar refractivity (Wildman–Crippen MR) is 123 cm³/mol. The number of hydrogen-bond donors (Lipinski definition) is 2. The third kappa shape index (κ3) is 19.2. The fraction of sp³-hybridized carbons (Fsp3) is 0.783. The number of unbranched alkanes of at least 4 members (excludes halogenated alkanes) is 9. The van der Waals surface area contributed by atoms with Crippen LogP contribution in [0.25, 0.3) is 0 Å². The molecule has 6 heteroatoms. The molecule has 0 aromatic carbocycles. The number of carbonyl (C=O) groups excluding carboxylic acids is 2. The van der Waals surface area contributed by atoms with Crippen molar-refractivity contribution in [2.24, 2.45) is 4.99 Å². The van der Waals surface area contributed by atoms with Crippen LogP contribution in [-0.2, 0) is 9.59 Å². The van der Waals surface area contributed by atoms with Crippen LogP contribution in [0.3, 0.4) is 0 Å². The van der Waals surface area contributed by atoms with E-state index in [0.29, 0.717) is 26.1 Å². The summed E-state index contributed by atoms with van der Waals surface area (Å²) >= 11 is 0. The molecule has 0 fully saturated rings. The molecule has 0 aromatic rings. The fourth-order valence-corrected chi connectivity index (χ4v) is 2.98. The zero-order valence-corrected chi connectivity index (χ0v) is 18.9. The number of aliphatic imine (C=N–C) groups is 1. The Morgan fingerprint density at radius 3 is 2.17 bits per heavy atom. The van der Waals surface area contributed by atoms with Gasteiger partial charge in [0.15, 0.2) is 0 Å². The maximum atomic E-state index is 12.0. The smallest absolute Gasteiger partial charge is 0.243 e. The van der Waals surface area contributed by atoms with Gasteiger partial charge in [0.25, 0.3) is 0 Å². The van der Waals surface area contributed by atoms with Gasteiger partial charge in [-0.3, -0.25) is 14.6 Å². The van der Waals surface area contributed by atoms with Gasteiger partial charge in [-0.1, -0.05) is 71.3 Å². The van der Waals surface area contributed by atoms with Crippen LogP contribution in [0.4, 0.5) is 0 Å². The van der Waals surface area contributed by atoms with E-state index < -0.39 is 0 Å². The molecule has 0 rings (SSSR count). The Morgan fingerprint density at radius 1 is 0.931 bits per heavy atom. The quantitative estimate of drug-likeness (QED) is 0.138. The first-order chi connectivity index (χ1) is 14.1. The van der Waals surface area contributed by atoms with E-state index in [-0.39, 0.29) is 11.8 Å². The van der Waals surface area contributed by atoms with Gasteiger partial charge in [-0.15, -0.1) is 0 Å². The monoisotopic (exact) mass is 408 g/mol. The van der Waals surface area contributed by atoms with Gasteiger partial charge in [-0.2, -0.15) is 0 Å². The van der Waals surface area contributed by atoms with Gasteiger partial charge < -0.3 is 15.5 Å². The molecular weight excluding hydrogens is 364 g/mol. The number of nitrogens with zero attached hydrogens (tertiary/aromatic N) is 2.